The molecule has 0 atom stereocenters. The van der Waals surface area contributed by atoms with Gasteiger partial charge in [0.05, 0.1) is 16.3 Å². The zero-order valence-electron chi connectivity index (χ0n) is 7.78. The zero-order valence-corrected chi connectivity index (χ0v) is 10.9. The van der Waals surface area contributed by atoms with Crippen LogP contribution in [0.4, 0.5) is 0 Å². The van der Waals surface area contributed by atoms with Crippen LogP contribution >= 0.6 is 27.5 Å². The normalized spacial score (nSPS) is 11.4. The van der Waals surface area contributed by atoms with Gasteiger partial charge in [-0.1, -0.05) is 11.6 Å². The van der Waals surface area contributed by atoms with E-state index in [9.17, 15) is 13.2 Å². The predicted molar refractivity (Wildman–Crippen MR) is 61.9 cm³/mol. The molecule has 1 rings (SSSR count). The maximum atomic E-state index is 11.2. The van der Waals surface area contributed by atoms with Gasteiger partial charge >= 0.3 is 5.97 Å². The Morgan fingerprint density at radius 3 is 2.50 bits per heavy atom. The van der Waals surface area contributed by atoms with Crippen LogP contribution in [-0.2, 0) is 21.2 Å². The van der Waals surface area contributed by atoms with E-state index in [1.165, 1.54) is 6.07 Å². The third-order valence-electron chi connectivity index (χ3n) is 1.75. The molecule has 0 amide bonds. The Bertz CT molecular complexity index is 543. The molecule has 1 aromatic rings. The number of nitrogens with two attached hydrogens (primary N) is 1. The van der Waals surface area contributed by atoms with E-state index in [2.05, 4.69) is 15.9 Å². The van der Waals surface area contributed by atoms with Gasteiger partial charge in [-0.05, 0) is 33.6 Å². The number of aliphatic carboxylic acids is 1. The van der Waals surface area contributed by atoms with Crippen molar-refractivity contribution in [3.8, 4) is 0 Å². The van der Waals surface area contributed by atoms with E-state index in [0.717, 1.165) is 6.07 Å². The second-order valence-corrected chi connectivity index (χ2v) is 5.78. The number of carboxylic acid groups (broad SMARTS) is 1. The summed E-state index contributed by atoms with van der Waals surface area (Å²) >= 11 is 8.79. The van der Waals surface area contributed by atoms with Crippen molar-refractivity contribution in [2.45, 2.75) is 11.3 Å². The fourth-order valence-corrected chi connectivity index (χ4v) is 2.53. The molecule has 16 heavy (non-hydrogen) atoms. The Hall–Kier alpha value is -0.630. The largest absolute Gasteiger partial charge is 0.481 e. The van der Waals surface area contributed by atoms with Gasteiger partial charge in [0, 0.05) is 4.47 Å². The van der Waals surface area contributed by atoms with Gasteiger partial charge in [0.1, 0.15) is 0 Å². The number of hydrogen-bond donors (Lipinski definition) is 2. The zero-order chi connectivity index (χ0) is 12.5. The maximum Gasteiger partial charge on any atom is 0.307 e. The van der Waals surface area contributed by atoms with Gasteiger partial charge in [0.15, 0.2) is 0 Å². The second kappa shape index (κ2) is 4.70. The number of carbonyl (C=O) groups is 1. The molecule has 0 radical (unpaired) electrons. The minimum atomic E-state index is -3.99. The molecule has 0 bridgehead atoms. The summed E-state index contributed by atoms with van der Waals surface area (Å²) in [4.78, 5) is 10.3. The van der Waals surface area contributed by atoms with Crippen LogP contribution in [0.25, 0.3) is 0 Å². The fraction of sp³-hybridized carbons (Fsp3) is 0.125. The number of rotatable bonds is 3. The Morgan fingerprint density at radius 2 is 2.06 bits per heavy atom. The van der Waals surface area contributed by atoms with Gasteiger partial charge in [-0.25, -0.2) is 13.6 Å². The SMILES string of the molecule is NS(=O)(=O)c1cc(Cl)c(Br)cc1CC(=O)O. The highest BCUT2D eigenvalue weighted by molar-refractivity contribution is 9.10. The number of hydrogen-bond acceptors (Lipinski definition) is 3. The molecule has 1 aromatic carbocycles. The van der Waals surface area contributed by atoms with Crippen LogP contribution in [0, 0.1) is 0 Å². The smallest absolute Gasteiger partial charge is 0.307 e. The Kier molecular flexibility index (Phi) is 3.95. The van der Waals surface area contributed by atoms with Gasteiger partial charge in [-0.2, -0.15) is 0 Å². The Morgan fingerprint density at radius 1 is 1.50 bits per heavy atom. The summed E-state index contributed by atoms with van der Waals surface area (Å²) in [5.41, 5.74) is 0.0891. The molecule has 0 aliphatic rings. The highest BCUT2D eigenvalue weighted by Crippen LogP contribution is 2.28. The van der Waals surface area contributed by atoms with E-state index >= 15 is 0 Å². The van der Waals surface area contributed by atoms with Gasteiger partial charge < -0.3 is 5.11 Å². The van der Waals surface area contributed by atoms with Crippen molar-refractivity contribution in [2.24, 2.45) is 5.14 Å². The number of primary sulfonamides is 1. The summed E-state index contributed by atoms with van der Waals surface area (Å²) in [7, 11) is -3.99. The van der Waals surface area contributed by atoms with Crippen LogP contribution in [0.5, 0.6) is 0 Å². The molecule has 3 N–H and O–H groups in total. The van der Waals surface area contributed by atoms with Crippen molar-refractivity contribution in [1.82, 2.24) is 0 Å². The fourth-order valence-electron chi connectivity index (χ4n) is 1.14. The summed E-state index contributed by atoms with van der Waals surface area (Å²) < 4.78 is 22.8. The van der Waals surface area contributed by atoms with Crippen molar-refractivity contribution in [1.29, 1.82) is 0 Å². The van der Waals surface area contributed by atoms with E-state index in [0.29, 0.717) is 4.47 Å². The van der Waals surface area contributed by atoms with Crippen molar-refractivity contribution < 1.29 is 18.3 Å². The summed E-state index contributed by atoms with van der Waals surface area (Å²) in [6.07, 6.45) is -0.443. The van der Waals surface area contributed by atoms with E-state index < -0.39 is 22.4 Å². The quantitative estimate of drug-likeness (QED) is 0.875. The first-order valence-electron chi connectivity index (χ1n) is 3.94. The number of halogens is 2. The molecule has 0 aliphatic heterocycles. The summed E-state index contributed by atoms with van der Waals surface area (Å²) in [6, 6.07) is 2.45. The second-order valence-electron chi connectivity index (χ2n) is 2.99. The summed E-state index contributed by atoms with van der Waals surface area (Å²) in [5, 5.41) is 13.7. The summed E-state index contributed by atoms with van der Waals surface area (Å²) in [6.45, 7) is 0. The number of carboxylic acids is 1. The standard InChI is InChI=1S/C8H7BrClNO4S/c9-5-1-4(2-8(12)13)7(3-6(5)10)16(11,14)15/h1,3H,2H2,(H,12,13)(H2,11,14,15). The molecule has 0 spiro atoms. The minimum absolute atomic E-state index is 0.0891. The monoisotopic (exact) mass is 327 g/mol. The third kappa shape index (κ3) is 3.18. The molecule has 0 saturated heterocycles. The summed E-state index contributed by atoms with van der Waals surface area (Å²) in [5.74, 6) is -1.15. The molecule has 88 valence electrons. The molecular weight excluding hydrogens is 322 g/mol. The van der Waals surface area contributed by atoms with Crippen LogP contribution < -0.4 is 5.14 Å². The molecule has 0 heterocycles. The lowest BCUT2D eigenvalue weighted by Gasteiger charge is -2.07. The highest BCUT2D eigenvalue weighted by Gasteiger charge is 2.18. The van der Waals surface area contributed by atoms with Crippen molar-refractivity contribution in [3.05, 3.63) is 27.2 Å². The molecule has 5 nitrogen and oxygen atoms in total. The topological polar surface area (TPSA) is 97.5 Å². The van der Waals surface area contributed by atoms with Gasteiger partial charge in [0.25, 0.3) is 0 Å². The molecule has 0 saturated carbocycles. The maximum absolute atomic E-state index is 11.2. The number of sulfonamides is 1. The van der Waals surface area contributed by atoms with Crippen molar-refractivity contribution in [2.75, 3.05) is 0 Å². The average molecular weight is 329 g/mol. The molecule has 0 fully saturated rings. The Labute approximate surface area is 105 Å². The first-order valence-corrected chi connectivity index (χ1v) is 6.66. The van der Waals surface area contributed by atoms with Crippen molar-refractivity contribution in [3.63, 3.8) is 0 Å². The highest BCUT2D eigenvalue weighted by atomic mass is 79.9. The molecule has 8 heteroatoms. The molecule has 0 unspecified atom stereocenters. The molecule has 0 aliphatic carbocycles. The van der Waals surface area contributed by atoms with Crippen LogP contribution in [0.2, 0.25) is 5.02 Å². The third-order valence-corrected chi connectivity index (χ3v) is 3.94. The van der Waals surface area contributed by atoms with Crippen LogP contribution in [0.3, 0.4) is 0 Å². The lowest BCUT2D eigenvalue weighted by Crippen LogP contribution is -2.16. The van der Waals surface area contributed by atoms with Gasteiger partial charge in [-0.15, -0.1) is 0 Å². The first-order chi connectivity index (χ1) is 7.21. The van der Waals surface area contributed by atoms with Crippen molar-refractivity contribution >= 4 is 43.5 Å². The van der Waals surface area contributed by atoms with E-state index in [-0.39, 0.29) is 15.5 Å². The van der Waals surface area contributed by atoms with Crippen LogP contribution in [-0.4, -0.2) is 19.5 Å². The van der Waals surface area contributed by atoms with E-state index in [1.54, 1.807) is 0 Å². The van der Waals surface area contributed by atoms with Crippen LogP contribution in [0.1, 0.15) is 5.56 Å². The van der Waals surface area contributed by atoms with Gasteiger partial charge in [0.2, 0.25) is 10.0 Å². The first kappa shape index (κ1) is 13.4. The van der Waals surface area contributed by atoms with E-state index in [4.69, 9.17) is 21.8 Å². The molecule has 0 aromatic heterocycles. The molecular formula is C8H7BrClNO4S. The number of benzene rings is 1. The van der Waals surface area contributed by atoms with Gasteiger partial charge in [-0.3, -0.25) is 4.79 Å². The average Bonchev–Trinajstić information content (AvgIpc) is 2.08. The lowest BCUT2D eigenvalue weighted by atomic mass is 10.1. The lowest BCUT2D eigenvalue weighted by molar-refractivity contribution is -0.136. The van der Waals surface area contributed by atoms with Crippen LogP contribution in [0.15, 0.2) is 21.5 Å². The van der Waals surface area contributed by atoms with E-state index in [1.807, 2.05) is 0 Å². The minimum Gasteiger partial charge on any atom is -0.481 e. The Balaban J connectivity index is 3.45. The predicted octanol–water partition coefficient (Wildman–Crippen LogP) is 1.38.